The lowest BCUT2D eigenvalue weighted by molar-refractivity contribution is -0.150. The summed E-state index contributed by atoms with van der Waals surface area (Å²) in [6.07, 6.45) is 0.0489. The lowest BCUT2D eigenvalue weighted by atomic mass is 9.93. The molecule has 0 spiro atoms. The number of likely N-dealkylation sites (tertiary alicyclic amines) is 1. The van der Waals surface area contributed by atoms with Crippen molar-refractivity contribution < 1.29 is 19.1 Å². The highest BCUT2D eigenvalue weighted by molar-refractivity contribution is 5.82. The van der Waals surface area contributed by atoms with Gasteiger partial charge in [-0.25, -0.2) is 9.59 Å². The number of benzene rings is 2. The number of hydrogen-bond acceptors (Lipinski definition) is 4. The molecule has 2 aromatic carbocycles. The molecule has 3 rings (SSSR count). The Bertz CT molecular complexity index is 857. The minimum absolute atomic E-state index is 0.0676. The Labute approximate surface area is 172 Å². The van der Waals surface area contributed by atoms with E-state index < -0.39 is 23.7 Å². The molecule has 1 fully saturated rings. The van der Waals surface area contributed by atoms with Crippen LogP contribution in [0.15, 0.2) is 54.6 Å². The molecular formula is C24H29NO4. The van der Waals surface area contributed by atoms with Gasteiger partial charge in [0.2, 0.25) is 0 Å². The molecule has 0 aliphatic carbocycles. The molecule has 2 aromatic rings. The van der Waals surface area contributed by atoms with Gasteiger partial charge in [0.05, 0.1) is 0 Å². The topological polar surface area (TPSA) is 55.8 Å². The van der Waals surface area contributed by atoms with Crippen LogP contribution < -0.4 is 0 Å². The second-order valence-electron chi connectivity index (χ2n) is 8.53. The molecule has 5 nitrogen and oxygen atoms in total. The van der Waals surface area contributed by atoms with E-state index in [0.29, 0.717) is 13.0 Å². The molecule has 0 unspecified atom stereocenters. The van der Waals surface area contributed by atoms with E-state index in [9.17, 15) is 9.59 Å². The van der Waals surface area contributed by atoms with Crippen LogP contribution >= 0.6 is 0 Å². The summed E-state index contributed by atoms with van der Waals surface area (Å²) in [5, 5.41) is 0. The number of ether oxygens (including phenoxy) is 2. The number of aryl methyl sites for hydroxylation is 1. The minimum atomic E-state index is -0.654. The molecule has 0 N–H and O–H groups in total. The first-order valence-corrected chi connectivity index (χ1v) is 10.0. The van der Waals surface area contributed by atoms with Crippen molar-refractivity contribution >= 4 is 12.1 Å². The van der Waals surface area contributed by atoms with Crippen LogP contribution in [0.3, 0.4) is 0 Å². The van der Waals surface area contributed by atoms with E-state index >= 15 is 0 Å². The first kappa shape index (κ1) is 20.9. The summed E-state index contributed by atoms with van der Waals surface area (Å²) in [5.41, 5.74) is 2.59. The van der Waals surface area contributed by atoms with Crippen molar-refractivity contribution in [1.82, 2.24) is 4.90 Å². The molecule has 1 amide bonds. The fourth-order valence-electron chi connectivity index (χ4n) is 3.68. The average Bonchev–Trinajstić information content (AvgIpc) is 3.11. The molecule has 0 aromatic heterocycles. The summed E-state index contributed by atoms with van der Waals surface area (Å²) in [7, 11) is 0. The van der Waals surface area contributed by atoms with Gasteiger partial charge in [0.1, 0.15) is 18.2 Å². The van der Waals surface area contributed by atoms with E-state index in [1.165, 1.54) is 4.90 Å². The molecule has 154 valence electrons. The molecule has 1 aliphatic heterocycles. The Kier molecular flexibility index (Phi) is 6.26. The number of rotatable bonds is 4. The van der Waals surface area contributed by atoms with Crippen LogP contribution in [-0.4, -0.2) is 35.2 Å². The van der Waals surface area contributed by atoms with Crippen LogP contribution in [0.25, 0.3) is 0 Å². The molecular weight excluding hydrogens is 366 g/mol. The highest BCUT2D eigenvalue weighted by Crippen LogP contribution is 2.35. The van der Waals surface area contributed by atoms with E-state index in [2.05, 4.69) is 6.07 Å². The van der Waals surface area contributed by atoms with Crippen LogP contribution in [0.5, 0.6) is 0 Å². The Morgan fingerprint density at radius 2 is 1.69 bits per heavy atom. The van der Waals surface area contributed by atoms with Gasteiger partial charge in [-0.15, -0.1) is 0 Å². The zero-order valence-corrected chi connectivity index (χ0v) is 17.6. The number of amides is 1. The van der Waals surface area contributed by atoms with Crippen molar-refractivity contribution in [3.8, 4) is 0 Å². The molecule has 1 aliphatic rings. The molecule has 2 atom stereocenters. The maximum atomic E-state index is 12.9. The largest absolute Gasteiger partial charge is 0.459 e. The predicted molar refractivity (Wildman–Crippen MR) is 112 cm³/mol. The van der Waals surface area contributed by atoms with Gasteiger partial charge in [-0.1, -0.05) is 54.6 Å². The average molecular weight is 395 g/mol. The molecule has 0 bridgehead atoms. The van der Waals surface area contributed by atoms with E-state index in [1.54, 1.807) is 0 Å². The number of carbonyl (C=O) groups is 2. The van der Waals surface area contributed by atoms with E-state index in [-0.39, 0.29) is 12.5 Å². The van der Waals surface area contributed by atoms with Gasteiger partial charge >= 0.3 is 12.1 Å². The number of esters is 1. The first-order valence-electron chi connectivity index (χ1n) is 10.0. The van der Waals surface area contributed by atoms with Crippen molar-refractivity contribution in [3.05, 3.63) is 71.3 Å². The predicted octanol–water partition coefficient (Wildman–Crippen LogP) is 4.83. The van der Waals surface area contributed by atoms with Gasteiger partial charge in [0.15, 0.2) is 0 Å². The van der Waals surface area contributed by atoms with Crippen molar-refractivity contribution in [2.75, 3.05) is 6.54 Å². The maximum Gasteiger partial charge on any atom is 0.411 e. The number of hydrogen-bond donors (Lipinski definition) is 0. The molecule has 1 heterocycles. The van der Waals surface area contributed by atoms with Crippen LogP contribution in [0.4, 0.5) is 4.79 Å². The monoisotopic (exact) mass is 395 g/mol. The molecule has 0 radical (unpaired) electrons. The Morgan fingerprint density at radius 1 is 1.03 bits per heavy atom. The summed E-state index contributed by atoms with van der Waals surface area (Å²) in [4.78, 5) is 27.2. The van der Waals surface area contributed by atoms with Crippen molar-refractivity contribution in [1.29, 1.82) is 0 Å². The second kappa shape index (κ2) is 8.68. The van der Waals surface area contributed by atoms with Crippen LogP contribution in [0.2, 0.25) is 0 Å². The van der Waals surface area contributed by atoms with E-state index in [4.69, 9.17) is 9.47 Å². The first-order chi connectivity index (χ1) is 13.7. The Morgan fingerprint density at radius 3 is 2.34 bits per heavy atom. The third-order valence-electron chi connectivity index (χ3n) is 5.05. The van der Waals surface area contributed by atoms with Gasteiger partial charge in [-0.2, -0.15) is 0 Å². The standard InChI is InChI=1S/C24H29NO4/c1-17-10-8-9-13-20(17)19-14-21(25(15-19)23(27)29-24(2,3)4)22(26)28-16-18-11-6-5-7-12-18/h5-13,19,21H,14-16H2,1-4H3/t19-,21-/m0/s1. The summed E-state index contributed by atoms with van der Waals surface area (Å²) >= 11 is 0. The van der Waals surface area contributed by atoms with Gasteiger partial charge in [0, 0.05) is 12.5 Å². The zero-order valence-electron chi connectivity index (χ0n) is 17.6. The lowest BCUT2D eigenvalue weighted by Gasteiger charge is -2.27. The third kappa shape index (κ3) is 5.37. The fraction of sp³-hybridized carbons (Fsp3) is 0.417. The smallest absolute Gasteiger partial charge is 0.411 e. The number of nitrogens with zero attached hydrogens (tertiary/aromatic N) is 1. The van der Waals surface area contributed by atoms with Gasteiger partial charge in [0.25, 0.3) is 0 Å². The Hall–Kier alpha value is -2.82. The Balaban J connectivity index is 1.77. The lowest BCUT2D eigenvalue weighted by Crippen LogP contribution is -2.44. The second-order valence-corrected chi connectivity index (χ2v) is 8.53. The van der Waals surface area contributed by atoms with Gasteiger partial charge in [-0.05, 0) is 50.8 Å². The molecule has 29 heavy (non-hydrogen) atoms. The van der Waals surface area contributed by atoms with Crippen molar-refractivity contribution in [2.45, 2.75) is 58.3 Å². The van der Waals surface area contributed by atoms with Gasteiger partial charge < -0.3 is 9.47 Å². The fourth-order valence-corrected chi connectivity index (χ4v) is 3.68. The summed E-state index contributed by atoms with van der Waals surface area (Å²) in [6.45, 7) is 8.14. The summed E-state index contributed by atoms with van der Waals surface area (Å²) < 4.78 is 11.1. The molecule has 5 heteroatoms. The van der Waals surface area contributed by atoms with Crippen LogP contribution in [0.1, 0.15) is 49.8 Å². The summed E-state index contributed by atoms with van der Waals surface area (Å²) in [5.74, 6) is -0.325. The quantitative estimate of drug-likeness (QED) is 0.696. The van der Waals surface area contributed by atoms with Crippen LogP contribution in [-0.2, 0) is 20.9 Å². The number of carbonyl (C=O) groups excluding carboxylic acids is 2. The van der Waals surface area contributed by atoms with E-state index in [0.717, 1.165) is 16.7 Å². The van der Waals surface area contributed by atoms with Gasteiger partial charge in [-0.3, -0.25) is 4.90 Å². The molecule has 0 saturated carbocycles. The minimum Gasteiger partial charge on any atom is -0.459 e. The van der Waals surface area contributed by atoms with Crippen molar-refractivity contribution in [3.63, 3.8) is 0 Å². The van der Waals surface area contributed by atoms with Crippen LogP contribution in [0, 0.1) is 6.92 Å². The highest BCUT2D eigenvalue weighted by atomic mass is 16.6. The van der Waals surface area contributed by atoms with Crippen molar-refractivity contribution in [2.24, 2.45) is 0 Å². The maximum absolute atomic E-state index is 12.9. The van der Waals surface area contributed by atoms with E-state index in [1.807, 2.05) is 76.2 Å². The molecule has 1 saturated heterocycles. The normalized spacial score (nSPS) is 19.1. The third-order valence-corrected chi connectivity index (χ3v) is 5.05. The zero-order chi connectivity index (χ0) is 21.0. The highest BCUT2D eigenvalue weighted by Gasteiger charge is 2.43. The SMILES string of the molecule is Cc1ccccc1[C@H]1C[C@@H](C(=O)OCc2ccccc2)N(C(=O)OC(C)(C)C)C1. The summed E-state index contributed by atoms with van der Waals surface area (Å²) in [6, 6.07) is 17.0.